The molecule has 316 valence electrons. The predicted octanol–water partition coefficient (Wildman–Crippen LogP) is 4.97. The van der Waals surface area contributed by atoms with Gasteiger partial charge in [-0.05, 0) is 74.9 Å². The van der Waals surface area contributed by atoms with E-state index in [1.54, 1.807) is 35.0 Å². The van der Waals surface area contributed by atoms with Gasteiger partial charge < -0.3 is 20.2 Å². The first-order valence-electron chi connectivity index (χ1n) is 19.9. The van der Waals surface area contributed by atoms with Crippen molar-refractivity contribution in [1.82, 2.24) is 47.6 Å². The van der Waals surface area contributed by atoms with Crippen molar-refractivity contribution < 1.29 is 21.2 Å². The van der Waals surface area contributed by atoms with Crippen LogP contribution in [0.4, 0.5) is 10.2 Å². The summed E-state index contributed by atoms with van der Waals surface area (Å²) in [6.07, 6.45) is 15.1. The van der Waals surface area contributed by atoms with Gasteiger partial charge >= 0.3 is 0 Å². The van der Waals surface area contributed by atoms with Gasteiger partial charge in [-0.1, -0.05) is 13.8 Å². The number of pyridine rings is 2. The number of halogens is 1. The molecule has 59 heavy (non-hydrogen) atoms. The lowest BCUT2D eigenvalue weighted by molar-refractivity contribution is 0.316. The highest BCUT2D eigenvalue weighted by atomic mass is 32.2. The maximum absolute atomic E-state index is 13.5. The first kappa shape index (κ1) is 43.6. The van der Waals surface area contributed by atoms with Crippen LogP contribution in [0.2, 0.25) is 0 Å². The number of nitrogens with zero attached hydrogens (tertiary/aromatic N) is 10. The first-order chi connectivity index (χ1) is 28.3. The smallest absolute Gasteiger partial charge is 0.222 e. The van der Waals surface area contributed by atoms with Gasteiger partial charge in [0.15, 0.2) is 11.3 Å². The summed E-state index contributed by atoms with van der Waals surface area (Å²) in [5.74, 6) is 0.617. The van der Waals surface area contributed by atoms with Crippen LogP contribution < -0.4 is 11.1 Å². The molecular weight excluding hydrogens is 796 g/mol. The molecule has 0 bridgehead atoms. The molecule has 0 aliphatic carbocycles. The molecule has 0 unspecified atom stereocenters. The Labute approximate surface area is 345 Å². The number of rotatable bonds is 10. The van der Waals surface area contributed by atoms with Crippen LogP contribution in [-0.4, -0.2) is 114 Å². The van der Waals surface area contributed by atoms with Gasteiger partial charge in [0.2, 0.25) is 26.0 Å². The van der Waals surface area contributed by atoms with E-state index in [0.29, 0.717) is 56.1 Å². The van der Waals surface area contributed by atoms with Crippen LogP contribution in [0.1, 0.15) is 52.4 Å². The maximum atomic E-state index is 13.5. The van der Waals surface area contributed by atoms with Gasteiger partial charge in [-0.2, -0.15) is 8.70 Å². The summed E-state index contributed by atoms with van der Waals surface area (Å²) in [6, 6.07) is 11.0. The van der Waals surface area contributed by atoms with E-state index in [2.05, 4.69) is 30.2 Å². The number of nitrogens with two attached hydrogens (primary N) is 1. The Morgan fingerprint density at radius 1 is 0.729 bits per heavy atom. The largest absolute Gasteiger partial charge is 0.365 e. The van der Waals surface area contributed by atoms with Gasteiger partial charge in [0.1, 0.15) is 16.9 Å². The molecule has 2 aliphatic rings. The van der Waals surface area contributed by atoms with Crippen molar-refractivity contribution in [2.45, 2.75) is 64.5 Å². The van der Waals surface area contributed by atoms with Crippen molar-refractivity contribution in [3.05, 3.63) is 79.5 Å². The first-order valence-corrected chi connectivity index (χ1v) is 23.1. The molecule has 19 heteroatoms. The van der Waals surface area contributed by atoms with E-state index in [-0.39, 0.29) is 23.6 Å². The lowest BCUT2D eigenvalue weighted by Crippen LogP contribution is -2.46. The highest BCUT2D eigenvalue weighted by Gasteiger charge is 2.29. The minimum Gasteiger partial charge on any atom is -0.365 e. The predicted molar refractivity (Wildman–Crippen MR) is 229 cm³/mol. The van der Waals surface area contributed by atoms with Crippen molar-refractivity contribution in [2.75, 3.05) is 43.0 Å². The van der Waals surface area contributed by atoms with E-state index in [1.807, 2.05) is 73.7 Å². The second-order valence-corrected chi connectivity index (χ2v) is 18.9. The highest BCUT2D eigenvalue weighted by molar-refractivity contribution is 7.89. The van der Waals surface area contributed by atoms with Crippen LogP contribution in [0.15, 0.2) is 73.6 Å². The molecule has 2 fully saturated rings. The number of piperidine rings is 2. The van der Waals surface area contributed by atoms with E-state index >= 15 is 0 Å². The van der Waals surface area contributed by atoms with Gasteiger partial charge in [-0.15, -0.1) is 0 Å². The van der Waals surface area contributed by atoms with E-state index in [9.17, 15) is 21.2 Å². The molecule has 0 saturated carbocycles. The minimum atomic E-state index is -3.20. The van der Waals surface area contributed by atoms with Crippen LogP contribution >= 0.6 is 0 Å². The molecular formula is C40H53FN12O4S2. The fourth-order valence-corrected chi connectivity index (χ4v) is 10.3. The topological polar surface area (TPSA) is 200 Å². The van der Waals surface area contributed by atoms with E-state index < -0.39 is 26.0 Å². The molecule has 2 aliphatic heterocycles. The molecule has 0 amide bonds. The van der Waals surface area contributed by atoms with Crippen molar-refractivity contribution in [2.24, 2.45) is 19.8 Å². The molecule has 6 aromatic heterocycles. The molecule has 2 atom stereocenters. The molecule has 8 rings (SSSR count). The number of anilines is 1. The summed E-state index contributed by atoms with van der Waals surface area (Å²) in [7, 11) is -2.39. The summed E-state index contributed by atoms with van der Waals surface area (Å²) >= 11 is 0. The second-order valence-electron chi connectivity index (χ2n) is 14.8. The monoisotopic (exact) mass is 848 g/mol. The second kappa shape index (κ2) is 19.4. The molecule has 0 spiro atoms. The highest BCUT2D eigenvalue weighted by Crippen LogP contribution is 2.28. The molecule has 0 radical (unpaired) electrons. The normalized spacial score (nSPS) is 17.9. The molecule has 8 heterocycles. The van der Waals surface area contributed by atoms with Crippen LogP contribution in [-0.2, 0) is 34.1 Å². The van der Waals surface area contributed by atoms with Gasteiger partial charge in [-0.3, -0.25) is 9.97 Å². The van der Waals surface area contributed by atoms with Crippen molar-refractivity contribution in [1.29, 1.82) is 0 Å². The number of aromatic nitrogens is 8. The van der Waals surface area contributed by atoms with Crippen LogP contribution in [0.5, 0.6) is 0 Å². The molecule has 6 aromatic rings. The van der Waals surface area contributed by atoms with E-state index in [4.69, 9.17) is 10.7 Å². The van der Waals surface area contributed by atoms with Gasteiger partial charge in [-0.25, -0.2) is 41.1 Å². The van der Waals surface area contributed by atoms with Crippen LogP contribution in [0, 0.1) is 5.95 Å². The fourth-order valence-electron chi connectivity index (χ4n) is 7.11. The van der Waals surface area contributed by atoms with Gasteiger partial charge in [0.25, 0.3) is 0 Å². The lowest BCUT2D eigenvalue weighted by Gasteiger charge is -2.32. The summed E-state index contributed by atoms with van der Waals surface area (Å²) < 4.78 is 68.6. The van der Waals surface area contributed by atoms with Gasteiger partial charge in [0.05, 0.1) is 40.9 Å². The van der Waals surface area contributed by atoms with Crippen molar-refractivity contribution in [3.63, 3.8) is 0 Å². The fraction of sp³-hybridized carbons (Fsp3) is 0.450. The zero-order valence-corrected chi connectivity index (χ0v) is 35.6. The number of nitrogens with one attached hydrogen (secondary N) is 1. The minimum absolute atomic E-state index is 0.00996. The zero-order valence-electron chi connectivity index (χ0n) is 33.9. The number of hydrogen-bond acceptors (Lipinski definition) is 12. The van der Waals surface area contributed by atoms with E-state index in [0.717, 1.165) is 59.3 Å². The van der Waals surface area contributed by atoms with Crippen molar-refractivity contribution >= 4 is 48.2 Å². The third-order valence-corrected chi connectivity index (χ3v) is 14.2. The number of sulfonamides is 2. The Hall–Kier alpha value is -4.95. The van der Waals surface area contributed by atoms with Crippen LogP contribution in [0.3, 0.4) is 0 Å². The zero-order chi connectivity index (χ0) is 42.2. The third kappa shape index (κ3) is 10.8. The lowest BCUT2D eigenvalue weighted by atomic mass is 10.1. The Balaban J connectivity index is 0.000000165. The van der Waals surface area contributed by atoms with Crippen molar-refractivity contribution in [3.8, 4) is 22.5 Å². The molecule has 16 nitrogen and oxygen atoms in total. The molecule has 3 N–H and O–H groups in total. The average molecular weight is 849 g/mol. The summed E-state index contributed by atoms with van der Waals surface area (Å²) in [4.78, 5) is 26.0. The molecule has 0 aromatic carbocycles. The standard InChI is InChI=1S/C20H26N6O2S.C12H9FN4.C8H18N2O2S/c1-3-12-29(27,28)26-10-5-6-15(14-26)23-19-16(7-4-9-21-19)18-13-22-17-8-11-25(2)20(17)24-18;1-17-6-4-9-12(17)16-10(7-15-9)8-3-2-5-14-11(8)13;1-2-6-13(11,12)10-5-3-4-8(9)7-10/h4,7-9,11,13,15H,3,5-6,10,12,14H2,1-2H3,(H,21,23);2-7H,1H3;8H,2-7,9H2,1H3/t15-;;8-/m0.0/s1. The Kier molecular flexibility index (Phi) is 14.4. The summed E-state index contributed by atoms with van der Waals surface area (Å²) in [5.41, 5.74) is 11.3. The summed E-state index contributed by atoms with van der Waals surface area (Å²) in [5, 5.41) is 3.46. The van der Waals surface area contributed by atoms with Gasteiger partial charge in [0, 0.05) is 82.7 Å². The third-order valence-electron chi connectivity index (χ3n) is 10.1. The Bertz CT molecular complexity index is 2570. The number of hydrogen-bond donors (Lipinski definition) is 2. The van der Waals surface area contributed by atoms with E-state index in [1.165, 1.54) is 10.5 Å². The quantitative estimate of drug-likeness (QED) is 0.176. The van der Waals surface area contributed by atoms with Crippen LogP contribution in [0.25, 0.3) is 44.8 Å². The average Bonchev–Trinajstić information content (AvgIpc) is 3.79. The number of fused-ring (bicyclic) bond motifs is 2. The Morgan fingerprint density at radius 3 is 1.81 bits per heavy atom. The Morgan fingerprint density at radius 2 is 1.25 bits per heavy atom. The SMILES string of the molecule is CCCS(=O)(=O)N1CCC[C@H](N)C1.CCCS(=O)(=O)N1CCC[C@H](Nc2ncccc2-c2cnc3ccn(C)c3n2)C1.Cn1ccc2ncc(-c3cccnc3F)nc21. The maximum Gasteiger partial charge on any atom is 0.222 e. The number of aryl methyl sites for hydroxylation is 2. The molecule has 2 saturated heterocycles. The summed E-state index contributed by atoms with van der Waals surface area (Å²) in [6.45, 7) is 5.97.